The van der Waals surface area contributed by atoms with Gasteiger partial charge in [-0.05, 0) is 24.1 Å². The van der Waals surface area contributed by atoms with Gasteiger partial charge in [0.15, 0.2) is 0 Å². The van der Waals surface area contributed by atoms with Gasteiger partial charge >= 0.3 is 6.18 Å². The first-order chi connectivity index (χ1) is 10.7. The molecule has 0 saturated heterocycles. The van der Waals surface area contributed by atoms with Crippen LogP contribution in [0.1, 0.15) is 35.8 Å². The normalized spacial score (nSPS) is 11.8. The molecular weight excluding hydrogens is 331 g/mol. The lowest BCUT2D eigenvalue weighted by Crippen LogP contribution is -2.34. The number of amides is 1. The molecule has 0 bridgehead atoms. The molecule has 8 heteroatoms. The Morgan fingerprint density at radius 3 is 2.65 bits per heavy atom. The van der Waals surface area contributed by atoms with E-state index >= 15 is 0 Å². The van der Waals surface area contributed by atoms with Crippen LogP contribution >= 0.6 is 11.6 Å². The van der Waals surface area contributed by atoms with Crippen LogP contribution in [0.25, 0.3) is 5.69 Å². The minimum absolute atomic E-state index is 0.115. The first-order valence-corrected chi connectivity index (χ1v) is 7.25. The Bertz CT molecular complexity index is 710. The molecule has 0 saturated carbocycles. The number of hydrogen-bond donors (Lipinski definition) is 1. The molecule has 2 rings (SSSR count). The molecule has 0 fully saturated rings. The Morgan fingerprint density at radius 1 is 1.39 bits per heavy atom. The Kier molecular flexibility index (Phi) is 4.99. The van der Waals surface area contributed by atoms with Crippen molar-refractivity contribution >= 4 is 17.5 Å². The van der Waals surface area contributed by atoms with Crippen LogP contribution in [0.4, 0.5) is 13.2 Å². The van der Waals surface area contributed by atoms with Crippen molar-refractivity contribution in [3.05, 3.63) is 46.7 Å². The second-order valence-corrected chi connectivity index (χ2v) is 5.72. The Balaban J connectivity index is 2.37. The quantitative estimate of drug-likeness (QED) is 0.912. The molecule has 23 heavy (non-hydrogen) atoms. The number of nitrogens with zero attached hydrogens (tertiary/aromatic N) is 2. The van der Waals surface area contributed by atoms with Crippen molar-refractivity contribution in [2.75, 3.05) is 6.54 Å². The summed E-state index contributed by atoms with van der Waals surface area (Å²) in [6.07, 6.45) is -3.20. The zero-order chi connectivity index (χ0) is 17.2. The van der Waals surface area contributed by atoms with E-state index in [1.54, 1.807) is 24.3 Å². The summed E-state index contributed by atoms with van der Waals surface area (Å²) in [6.45, 7) is 2.28. The zero-order valence-electron chi connectivity index (χ0n) is 12.5. The molecule has 0 aliphatic heterocycles. The van der Waals surface area contributed by atoms with Gasteiger partial charge in [-0.1, -0.05) is 31.5 Å². The minimum Gasteiger partial charge on any atom is -0.343 e. The van der Waals surface area contributed by atoms with Crippen molar-refractivity contribution in [1.29, 1.82) is 0 Å². The van der Waals surface area contributed by atoms with E-state index in [1.807, 2.05) is 19.2 Å². The zero-order valence-corrected chi connectivity index (χ0v) is 13.2. The number of alkyl halides is 3. The van der Waals surface area contributed by atoms with E-state index < -0.39 is 18.6 Å². The lowest BCUT2D eigenvalue weighted by atomic mass is 10.1. The first kappa shape index (κ1) is 17.3. The summed E-state index contributed by atoms with van der Waals surface area (Å²) in [5, 5.41) is 6.49. The summed E-state index contributed by atoms with van der Waals surface area (Å²) in [5.41, 5.74) is 1.27. The van der Waals surface area contributed by atoms with Gasteiger partial charge in [0.05, 0.1) is 23.1 Å². The molecule has 0 unspecified atom stereocenters. The van der Waals surface area contributed by atoms with Crippen LogP contribution in [-0.4, -0.2) is 28.4 Å². The summed E-state index contributed by atoms with van der Waals surface area (Å²) >= 11 is 5.95. The topological polar surface area (TPSA) is 46.9 Å². The SMILES string of the molecule is CC(C)c1c(C(=O)NCC(F)(F)F)cnn1-c1cccc(Cl)c1. The second-order valence-electron chi connectivity index (χ2n) is 5.29. The van der Waals surface area contributed by atoms with E-state index in [1.165, 1.54) is 10.9 Å². The number of halogens is 4. The van der Waals surface area contributed by atoms with Crippen LogP contribution in [-0.2, 0) is 0 Å². The lowest BCUT2D eigenvalue weighted by Gasteiger charge is -2.13. The predicted molar refractivity (Wildman–Crippen MR) is 81.1 cm³/mol. The highest BCUT2D eigenvalue weighted by Crippen LogP contribution is 2.24. The summed E-state index contributed by atoms with van der Waals surface area (Å²) in [6, 6.07) is 6.84. The van der Waals surface area contributed by atoms with Gasteiger partial charge in [-0.15, -0.1) is 0 Å². The van der Waals surface area contributed by atoms with E-state index in [-0.39, 0.29) is 11.5 Å². The van der Waals surface area contributed by atoms with Gasteiger partial charge < -0.3 is 5.32 Å². The van der Waals surface area contributed by atoms with Gasteiger partial charge in [0, 0.05) is 5.02 Å². The van der Waals surface area contributed by atoms with Crippen molar-refractivity contribution in [2.45, 2.75) is 25.9 Å². The lowest BCUT2D eigenvalue weighted by molar-refractivity contribution is -0.123. The number of carbonyl (C=O) groups excluding carboxylic acids is 1. The van der Waals surface area contributed by atoms with Crippen LogP contribution in [0.5, 0.6) is 0 Å². The van der Waals surface area contributed by atoms with Crippen LogP contribution in [0.2, 0.25) is 5.02 Å². The largest absolute Gasteiger partial charge is 0.405 e. The fraction of sp³-hybridized carbons (Fsp3) is 0.333. The molecule has 124 valence electrons. The summed E-state index contributed by atoms with van der Waals surface area (Å²) in [4.78, 5) is 12.0. The third kappa shape index (κ3) is 4.25. The van der Waals surface area contributed by atoms with Crippen molar-refractivity contribution in [3.63, 3.8) is 0 Å². The van der Waals surface area contributed by atoms with Crippen molar-refractivity contribution in [3.8, 4) is 5.69 Å². The predicted octanol–water partition coefficient (Wildman–Crippen LogP) is 3.94. The summed E-state index contributed by atoms with van der Waals surface area (Å²) in [7, 11) is 0. The molecular formula is C15H15ClF3N3O. The number of hydrogen-bond acceptors (Lipinski definition) is 2. The van der Waals surface area contributed by atoms with Crippen molar-refractivity contribution < 1.29 is 18.0 Å². The van der Waals surface area contributed by atoms with E-state index in [0.717, 1.165) is 0 Å². The first-order valence-electron chi connectivity index (χ1n) is 6.88. The molecule has 0 aliphatic rings. The van der Waals surface area contributed by atoms with Crippen LogP contribution in [0.15, 0.2) is 30.5 Å². The van der Waals surface area contributed by atoms with E-state index in [2.05, 4.69) is 5.10 Å². The molecule has 1 aromatic carbocycles. The maximum absolute atomic E-state index is 12.3. The van der Waals surface area contributed by atoms with Crippen molar-refractivity contribution in [2.24, 2.45) is 0 Å². The van der Waals surface area contributed by atoms with Gasteiger partial charge in [0.25, 0.3) is 5.91 Å². The fourth-order valence-corrected chi connectivity index (χ4v) is 2.36. The molecule has 0 atom stereocenters. The molecule has 1 heterocycles. The van der Waals surface area contributed by atoms with E-state index in [0.29, 0.717) is 16.4 Å². The summed E-state index contributed by atoms with van der Waals surface area (Å²) in [5.74, 6) is -0.928. The number of nitrogens with one attached hydrogen (secondary N) is 1. The van der Waals surface area contributed by atoms with E-state index in [9.17, 15) is 18.0 Å². The highest BCUT2D eigenvalue weighted by atomic mass is 35.5. The van der Waals surface area contributed by atoms with Gasteiger partial charge in [0.1, 0.15) is 6.54 Å². The molecule has 0 aliphatic carbocycles. The van der Waals surface area contributed by atoms with Crippen molar-refractivity contribution in [1.82, 2.24) is 15.1 Å². The van der Waals surface area contributed by atoms with Gasteiger partial charge in [0.2, 0.25) is 0 Å². The van der Waals surface area contributed by atoms with Crippen LogP contribution in [0.3, 0.4) is 0 Å². The maximum Gasteiger partial charge on any atom is 0.405 e. The van der Waals surface area contributed by atoms with Gasteiger partial charge in [-0.25, -0.2) is 4.68 Å². The van der Waals surface area contributed by atoms with E-state index in [4.69, 9.17) is 11.6 Å². The van der Waals surface area contributed by atoms with Crippen LogP contribution < -0.4 is 5.32 Å². The molecule has 1 amide bonds. The average Bonchev–Trinajstić information content (AvgIpc) is 2.89. The van der Waals surface area contributed by atoms with Gasteiger partial charge in [-0.2, -0.15) is 18.3 Å². The number of benzene rings is 1. The molecule has 1 aromatic heterocycles. The third-order valence-electron chi connectivity index (χ3n) is 3.10. The Labute approximate surface area is 136 Å². The standard InChI is InChI=1S/C15H15ClF3N3O/c1-9(2)13-12(14(23)20-8-15(17,18)19)7-21-22(13)11-5-3-4-10(16)6-11/h3-7,9H,8H2,1-2H3,(H,20,23). The highest BCUT2D eigenvalue weighted by Gasteiger charge is 2.29. The monoisotopic (exact) mass is 345 g/mol. The highest BCUT2D eigenvalue weighted by molar-refractivity contribution is 6.30. The Morgan fingerprint density at radius 2 is 2.09 bits per heavy atom. The second kappa shape index (κ2) is 6.62. The number of carbonyl (C=O) groups is 1. The fourth-order valence-electron chi connectivity index (χ4n) is 2.18. The van der Waals surface area contributed by atoms with Crippen LogP contribution in [0, 0.1) is 0 Å². The van der Waals surface area contributed by atoms with Gasteiger partial charge in [-0.3, -0.25) is 4.79 Å². The molecule has 1 N–H and O–H groups in total. The molecule has 4 nitrogen and oxygen atoms in total. The maximum atomic E-state index is 12.3. The minimum atomic E-state index is -4.46. The molecule has 0 radical (unpaired) electrons. The molecule has 2 aromatic rings. The third-order valence-corrected chi connectivity index (χ3v) is 3.34. The summed E-state index contributed by atoms with van der Waals surface area (Å²) < 4.78 is 38.3. The number of aromatic nitrogens is 2. The molecule has 0 spiro atoms. The smallest absolute Gasteiger partial charge is 0.343 e. The Hall–Kier alpha value is -2.02. The average molecular weight is 346 g/mol. The number of rotatable bonds is 4.